The molecule has 98 valence electrons. The van der Waals surface area contributed by atoms with Crippen molar-refractivity contribution in [2.75, 3.05) is 0 Å². The van der Waals surface area contributed by atoms with Crippen LogP contribution in [0.25, 0.3) is 16.8 Å². The molecule has 20 heavy (non-hydrogen) atoms. The smallest absolute Gasteiger partial charge is 0.246 e. The van der Waals surface area contributed by atoms with E-state index in [-0.39, 0.29) is 5.69 Å². The Bertz CT molecular complexity index is 950. The zero-order valence-electron chi connectivity index (χ0n) is 10.3. The number of H-pyrrole nitrogens is 1. The zero-order valence-corrected chi connectivity index (χ0v) is 10.3. The van der Waals surface area contributed by atoms with Gasteiger partial charge in [0.1, 0.15) is 6.33 Å². The summed E-state index contributed by atoms with van der Waals surface area (Å²) in [5.41, 5.74) is 2.29. The van der Waals surface area contributed by atoms with E-state index in [0.29, 0.717) is 23.4 Å². The molecule has 0 saturated carbocycles. The van der Waals surface area contributed by atoms with Crippen LogP contribution in [-0.4, -0.2) is 34.6 Å². The molecule has 1 N–H and O–H groups in total. The van der Waals surface area contributed by atoms with Crippen LogP contribution < -0.4 is 5.69 Å². The van der Waals surface area contributed by atoms with E-state index < -0.39 is 0 Å². The molecule has 4 aromatic rings. The Hall–Kier alpha value is -3.03. The van der Waals surface area contributed by atoms with Crippen LogP contribution in [0.15, 0.2) is 41.5 Å². The maximum atomic E-state index is 11.5. The summed E-state index contributed by atoms with van der Waals surface area (Å²) >= 11 is 0. The molecule has 0 fully saturated rings. The van der Waals surface area contributed by atoms with Gasteiger partial charge < -0.3 is 0 Å². The van der Waals surface area contributed by atoms with Crippen LogP contribution in [0.2, 0.25) is 0 Å². The van der Waals surface area contributed by atoms with Crippen LogP contribution in [0.4, 0.5) is 0 Å². The minimum Gasteiger partial charge on any atom is -0.246 e. The van der Waals surface area contributed by atoms with Crippen molar-refractivity contribution in [3.8, 4) is 0 Å². The number of fused-ring (bicyclic) bond motifs is 3. The quantitative estimate of drug-likeness (QED) is 0.560. The fourth-order valence-corrected chi connectivity index (χ4v) is 2.13. The van der Waals surface area contributed by atoms with Crippen LogP contribution >= 0.6 is 0 Å². The second kappa shape index (κ2) is 3.98. The Morgan fingerprint density at radius 1 is 1.15 bits per heavy atom. The molecule has 8 heteroatoms. The largest absolute Gasteiger partial charge is 0.349 e. The Balaban J connectivity index is 1.89. The molecule has 0 aliphatic carbocycles. The van der Waals surface area contributed by atoms with Gasteiger partial charge in [-0.25, -0.2) is 24.0 Å². The molecule has 0 spiro atoms. The number of rotatable bonds is 2. The molecular formula is C12H9N7O. The monoisotopic (exact) mass is 267 g/mol. The van der Waals surface area contributed by atoms with Gasteiger partial charge in [-0.15, -0.1) is 5.10 Å². The Kier molecular flexibility index (Phi) is 2.16. The van der Waals surface area contributed by atoms with Gasteiger partial charge >= 0.3 is 5.69 Å². The third-order valence-electron chi connectivity index (χ3n) is 3.10. The fraction of sp³-hybridized carbons (Fsp3) is 0.0833. The first-order valence-corrected chi connectivity index (χ1v) is 6.02. The van der Waals surface area contributed by atoms with Crippen molar-refractivity contribution < 1.29 is 0 Å². The summed E-state index contributed by atoms with van der Waals surface area (Å²) in [5.74, 6) is 0. The molecule has 0 radical (unpaired) electrons. The molecule has 1 aromatic carbocycles. The molecule has 0 bridgehead atoms. The lowest BCUT2D eigenvalue weighted by molar-refractivity contribution is 0.664. The zero-order chi connectivity index (χ0) is 13.5. The highest BCUT2D eigenvalue weighted by molar-refractivity contribution is 5.83. The van der Waals surface area contributed by atoms with Crippen molar-refractivity contribution in [1.82, 2.24) is 34.6 Å². The van der Waals surface area contributed by atoms with Crippen LogP contribution in [0.3, 0.4) is 0 Å². The molecule has 4 rings (SSSR count). The molecular weight excluding hydrogens is 258 g/mol. The summed E-state index contributed by atoms with van der Waals surface area (Å²) in [6, 6.07) is 9.90. The molecule has 0 aliphatic rings. The van der Waals surface area contributed by atoms with Gasteiger partial charge in [-0.3, -0.25) is 0 Å². The van der Waals surface area contributed by atoms with E-state index in [2.05, 4.69) is 25.5 Å². The van der Waals surface area contributed by atoms with E-state index in [9.17, 15) is 4.79 Å². The number of hydrogen-bond donors (Lipinski definition) is 1. The Morgan fingerprint density at radius 2 is 2.00 bits per heavy atom. The number of hydrogen-bond acceptors (Lipinski definition) is 5. The van der Waals surface area contributed by atoms with Crippen molar-refractivity contribution in [2.45, 2.75) is 6.54 Å². The molecule has 3 heterocycles. The average molecular weight is 267 g/mol. The third kappa shape index (κ3) is 1.51. The van der Waals surface area contributed by atoms with Crippen LogP contribution in [-0.2, 0) is 6.54 Å². The molecule has 0 amide bonds. The predicted octanol–water partition coefficient (Wildman–Crippen LogP) is 0.211. The molecule has 0 saturated heterocycles. The van der Waals surface area contributed by atoms with Gasteiger partial charge in [0.25, 0.3) is 0 Å². The second-order valence-electron chi connectivity index (χ2n) is 4.37. The normalized spacial score (nSPS) is 11.4. The molecule has 0 unspecified atom stereocenters. The maximum absolute atomic E-state index is 11.5. The van der Waals surface area contributed by atoms with Gasteiger partial charge in [0.2, 0.25) is 0 Å². The summed E-state index contributed by atoms with van der Waals surface area (Å²) in [7, 11) is 0. The number of aromatic nitrogens is 7. The third-order valence-corrected chi connectivity index (χ3v) is 3.10. The van der Waals surface area contributed by atoms with Crippen LogP contribution in [0.5, 0.6) is 0 Å². The SMILES string of the molecule is O=c1[nH]nc2c3nnn(Cc4ccccc4)c3ncn12. The van der Waals surface area contributed by atoms with E-state index in [1.165, 1.54) is 10.7 Å². The highest BCUT2D eigenvalue weighted by atomic mass is 16.1. The fourth-order valence-electron chi connectivity index (χ4n) is 2.13. The number of nitrogens with one attached hydrogen (secondary N) is 1. The summed E-state index contributed by atoms with van der Waals surface area (Å²) < 4.78 is 2.99. The van der Waals surface area contributed by atoms with Gasteiger partial charge in [0.15, 0.2) is 16.8 Å². The lowest BCUT2D eigenvalue weighted by Gasteiger charge is -2.01. The van der Waals surface area contributed by atoms with Gasteiger partial charge in [-0.2, -0.15) is 5.10 Å². The highest BCUT2D eigenvalue weighted by Crippen LogP contribution is 2.12. The van der Waals surface area contributed by atoms with Gasteiger partial charge in [-0.05, 0) is 5.56 Å². The second-order valence-corrected chi connectivity index (χ2v) is 4.37. The lowest BCUT2D eigenvalue weighted by atomic mass is 10.2. The molecule has 8 nitrogen and oxygen atoms in total. The van der Waals surface area contributed by atoms with Gasteiger partial charge in [0.05, 0.1) is 6.54 Å². The minimum absolute atomic E-state index is 0.341. The van der Waals surface area contributed by atoms with Gasteiger partial charge in [-0.1, -0.05) is 35.5 Å². The van der Waals surface area contributed by atoms with Crippen molar-refractivity contribution in [2.24, 2.45) is 0 Å². The first-order chi connectivity index (χ1) is 9.83. The van der Waals surface area contributed by atoms with Crippen molar-refractivity contribution >= 4 is 16.8 Å². The number of aromatic amines is 1. The minimum atomic E-state index is -0.341. The molecule has 0 atom stereocenters. The predicted molar refractivity (Wildman–Crippen MR) is 70.2 cm³/mol. The van der Waals surface area contributed by atoms with E-state index >= 15 is 0 Å². The van der Waals surface area contributed by atoms with Crippen LogP contribution in [0, 0.1) is 0 Å². The standard InChI is InChI=1S/C12H9N7O/c20-12-16-15-11-9-10(13-7-18(11)12)19(17-14-9)6-8-4-2-1-3-5-8/h1-5,7H,6H2,(H,16,20). The first kappa shape index (κ1) is 10.9. The summed E-state index contributed by atoms with van der Waals surface area (Å²) in [6.07, 6.45) is 1.42. The summed E-state index contributed by atoms with van der Waals surface area (Å²) in [4.78, 5) is 15.7. The van der Waals surface area contributed by atoms with Crippen molar-refractivity contribution in [1.29, 1.82) is 0 Å². The van der Waals surface area contributed by atoms with Crippen molar-refractivity contribution in [3.05, 3.63) is 52.7 Å². The van der Waals surface area contributed by atoms with E-state index in [0.717, 1.165) is 5.56 Å². The van der Waals surface area contributed by atoms with Gasteiger partial charge in [0, 0.05) is 0 Å². The lowest BCUT2D eigenvalue weighted by Crippen LogP contribution is -2.10. The van der Waals surface area contributed by atoms with Crippen LogP contribution in [0.1, 0.15) is 5.56 Å². The van der Waals surface area contributed by atoms with Crippen molar-refractivity contribution in [3.63, 3.8) is 0 Å². The molecule has 3 aromatic heterocycles. The Labute approximate surface area is 111 Å². The molecule has 0 aliphatic heterocycles. The number of nitrogens with zero attached hydrogens (tertiary/aromatic N) is 6. The first-order valence-electron chi connectivity index (χ1n) is 6.02. The van der Waals surface area contributed by atoms with E-state index in [1.54, 1.807) is 4.68 Å². The summed E-state index contributed by atoms with van der Waals surface area (Å²) in [5, 5.41) is 14.5. The maximum Gasteiger partial charge on any atom is 0.349 e. The average Bonchev–Trinajstić information content (AvgIpc) is 3.05. The topological polar surface area (TPSA) is 93.8 Å². The Morgan fingerprint density at radius 3 is 2.85 bits per heavy atom. The summed E-state index contributed by atoms with van der Waals surface area (Å²) in [6.45, 7) is 0.565. The van der Waals surface area contributed by atoms with E-state index in [1.807, 2.05) is 30.3 Å². The number of benzene rings is 1. The van der Waals surface area contributed by atoms with E-state index in [4.69, 9.17) is 0 Å². The highest BCUT2D eigenvalue weighted by Gasteiger charge is 2.13.